The van der Waals surface area contributed by atoms with Crippen molar-refractivity contribution < 1.29 is 4.74 Å². The molecule has 0 bridgehead atoms. The Morgan fingerprint density at radius 1 is 1.07 bits per heavy atom. The van der Waals surface area contributed by atoms with E-state index < -0.39 is 0 Å². The number of methoxy groups -OCH3 is 1. The van der Waals surface area contributed by atoms with Crippen LogP contribution in [0.25, 0.3) is 0 Å². The van der Waals surface area contributed by atoms with Crippen molar-refractivity contribution in [2.24, 2.45) is 0 Å². The van der Waals surface area contributed by atoms with E-state index in [-0.39, 0.29) is 0 Å². The van der Waals surface area contributed by atoms with Crippen LogP contribution in [0.1, 0.15) is 12.0 Å². The van der Waals surface area contributed by atoms with Crippen LogP contribution in [0.5, 0.6) is 5.75 Å². The van der Waals surface area contributed by atoms with E-state index in [1.54, 1.807) is 7.11 Å². The highest BCUT2D eigenvalue weighted by molar-refractivity contribution is 5.58. The van der Waals surface area contributed by atoms with Gasteiger partial charge >= 0.3 is 0 Å². The van der Waals surface area contributed by atoms with E-state index in [2.05, 4.69) is 46.0 Å². The van der Waals surface area contributed by atoms with E-state index in [0.29, 0.717) is 5.56 Å². The molecule has 0 atom stereocenters. The molecule has 1 heterocycles. The van der Waals surface area contributed by atoms with Crippen molar-refractivity contribution in [3.8, 4) is 11.8 Å². The van der Waals surface area contributed by atoms with Crippen LogP contribution in [0.4, 0.5) is 11.4 Å². The Labute approximate surface area is 162 Å². The number of piperazine rings is 1. The molecule has 1 aliphatic heterocycles. The predicted octanol–water partition coefficient (Wildman–Crippen LogP) is 3.22. The first kappa shape index (κ1) is 19.1. The molecule has 5 heteroatoms. The Kier molecular flexibility index (Phi) is 6.56. The average Bonchev–Trinajstić information content (AvgIpc) is 2.74. The van der Waals surface area contributed by atoms with E-state index in [1.807, 2.05) is 30.3 Å². The number of ether oxygens (including phenoxy) is 1. The van der Waals surface area contributed by atoms with Gasteiger partial charge in [0.15, 0.2) is 0 Å². The maximum absolute atomic E-state index is 9.04. The summed E-state index contributed by atoms with van der Waals surface area (Å²) in [6.45, 7) is 6.29. The van der Waals surface area contributed by atoms with Crippen molar-refractivity contribution in [3.63, 3.8) is 0 Å². The zero-order valence-corrected chi connectivity index (χ0v) is 16.3. The van der Waals surface area contributed by atoms with Crippen LogP contribution in [0.15, 0.2) is 48.5 Å². The van der Waals surface area contributed by atoms with Gasteiger partial charge in [-0.1, -0.05) is 18.2 Å². The first-order chi connectivity index (χ1) is 13.2. The maximum Gasteiger partial charge on any atom is 0.142 e. The Bertz CT molecular complexity index is 778. The lowest BCUT2D eigenvalue weighted by molar-refractivity contribution is 0.255. The highest BCUT2D eigenvalue weighted by atomic mass is 16.5. The SMILES string of the molecule is COc1ccccc1N1CCN(CCCN(C)c2cccc(C#N)c2)CC1. The molecule has 27 heavy (non-hydrogen) atoms. The summed E-state index contributed by atoms with van der Waals surface area (Å²) in [4.78, 5) is 7.17. The van der Waals surface area contributed by atoms with Gasteiger partial charge < -0.3 is 14.5 Å². The van der Waals surface area contributed by atoms with E-state index in [1.165, 1.54) is 5.69 Å². The number of para-hydroxylation sites is 2. The van der Waals surface area contributed by atoms with Crippen molar-refractivity contribution in [1.82, 2.24) is 4.90 Å². The van der Waals surface area contributed by atoms with E-state index in [0.717, 1.165) is 57.1 Å². The molecule has 1 aliphatic rings. The number of anilines is 2. The van der Waals surface area contributed by atoms with Gasteiger partial charge in [-0.2, -0.15) is 5.26 Å². The summed E-state index contributed by atoms with van der Waals surface area (Å²) in [7, 11) is 3.83. The van der Waals surface area contributed by atoms with Gasteiger partial charge in [0.05, 0.1) is 24.4 Å². The van der Waals surface area contributed by atoms with Gasteiger partial charge in [-0.3, -0.25) is 4.90 Å². The number of hydrogen-bond donors (Lipinski definition) is 0. The van der Waals surface area contributed by atoms with Gasteiger partial charge in [-0.05, 0) is 43.3 Å². The molecule has 3 rings (SSSR count). The zero-order chi connectivity index (χ0) is 19.1. The minimum absolute atomic E-state index is 0.715. The number of rotatable bonds is 7. The topological polar surface area (TPSA) is 42.7 Å². The van der Waals surface area contributed by atoms with Crippen molar-refractivity contribution in [2.75, 3.05) is 63.2 Å². The van der Waals surface area contributed by atoms with Gasteiger partial charge in [0.2, 0.25) is 0 Å². The number of nitrogens with zero attached hydrogens (tertiary/aromatic N) is 4. The van der Waals surface area contributed by atoms with E-state index in [4.69, 9.17) is 10.00 Å². The van der Waals surface area contributed by atoms with E-state index >= 15 is 0 Å². The molecule has 0 radical (unpaired) electrons. The van der Waals surface area contributed by atoms with Gasteiger partial charge in [0, 0.05) is 45.5 Å². The maximum atomic E-state index is 9.04. The molecule has 1 saturated heterocycles. The lowest BCUT2D eigenvalue weighted by Gasteiger charge is -2.36. The van der Waals surface area contributed by atoms with Crippen molar-refractivity contribution in [1.29, 1.82) is 5.26 Å². The second-order valence-corrected chi connectivity index (χ2v) is 6.94. The fourth-order valence-corrected chi connectivity index (χ4v) is 3.58. The van der Waals surface area contributed by atoms with Crippen LogP contribution in [-0.4, -0.2) is 58.3 Å². The van der Waals surface area contributed by atoms with Crippen LogP contribution in [0.3, 0.4) is 0 Å². The molecule has 0 spiro atoms. The van der Waals surface area contributed by atoms with Crippen molar-refractivity contribution in [2.45, 2.75) is 6.42 Å². The summed E-state index contributed by atoms with van der Waals surface area (Å²) in [6.07, 6.45) is 1.11. The zero-order valence-electron chi connectivity index (χ0n) is 16.3. The Hall–Kier alpha value is -2.71. The molecule has 0 N–H and O–H groups in total. The first-order valence-electron chi connectivity index (χ1n) is 9.53. The minimum atomic E-state index is 0.715. The Balaban J connectivity index is 1.44. The Morgan fingerprint density at radius 3 is 2.59 bits per heavy atom. The van der Waals surface area contributed by atoms with Crippen LogP contribution < -0.4 is 14.5 Å². The van der Waals surface area contributed by atoms with Crippen molar-refractivity contribution >= 4 is 11.4 Å². The normalized spacial score (nSPS) is 14.6. The lowest BCUT2D eigenvalue weighted by atomic mass is 10.2. The van der Waals surface area contributed by atoms with Crippen LogP contribution in [0, 0.1) is 11.3 Å². The molecule has 142 valence electrons. The summed E-state index contributed by atoms with van der Waals surface area (Å²) in [5, 5.41) is 9.04. The minimum Gasteiger partial charge on any atom is -0.495 e. The number of benzene rings is 2. The largest absolute Gasteiger partial charge is 0.495 e. The Morgan fingerprint density at radius 2 is 1.85 bits per heavy atom. The number of nitriles is 1. The first-order valence-corrected chi connectivity index (χ1v) is 9.53. The van der Waals surface area contributed by atoms with Crippen LogP contribution >= 0.6 is 0 Å². The van der Waals surface area contributed by atoms with Gasteiger partial charge in [0.25, 0.3) is 0 Å². The molecule has 1 fully saturated rings. The molecule has 2 aromatic carbocycles. The quantitative estimate of drug-likeness (QED) is 0.755. The average molecular weight is 364 g/mol. The third-order valence-corrected chi connectivity index (χ3v) is 5.18. The molecule has 0 saturated carbocycles. The summed E-state index contributed by atoms with van der Waals surface area (Å²) < 4.78 is 5.49. The third kappa shape index (κ3) is 4.93. The molecular weight excluding hydrogens is 336 g/mol. The molecule has 2 aromatic rings. The summed E-state index contributed by atoms with van der Waals surface area (Å²) >= 11 is 0. The molecule has 0 aromatic heterocycles. The molecular formula is C22H28N4O. The second-order valence-electron chi connectivity index (χ2n) is 6.94. The standard InChI is InChI=1S/C22H28N4O/c1-24(20-8-5-7-19(17-20)18-23)11-6-12-25-13-15-26(16-14-25)21-9-3-4-10-22(21)27-2/h3-5,7-10,17H,6,11-16H2,1-2H3. The predicted molar refractivity (Wildman–Crippen MR) is 111 cm³/mol. The van der Waals surface area contributed by atoms with Gasteiger partial charge in [-0.25, -0.2) is 0 Å². The monoisotopic (exact) mass is 364 g/mol. The fraction of sp³-hybridized carbons (Fsp3) is 0.409. The lowest BCUT2D eigenvalue weighted by Crippen LogP contribution is -2.47. The number of hydrogen-bond acceptors (Lipinski definition) is 5. The highest BCUT2D eigenvalue weighted by Gasteiger charge is 2.19. The molecule has 0 unspecified atom stereocenters. The summed E-state index contributed by atoms with van der Waals surface area (Å²) in [6, 6.07) is 18.3. The molecule has 5 nitrogen and oxygen atoms in total. The summed E-state index contributed by atoms with van der Waals surface area (Å²) in [5.74, 6) is 0.951. The van der Waals surface area contributed by atoms with Gasteiger partial charge in [0.1, 0.15) is 5.75 Å². The molecule has 0 amide bonds. The van der Waals surface area contributed by atoms with Crippen molar-refractivity contribution in [3.05, 3.63) is 54.1 Å². The van der Waals surface area contributed by atoms with Crippen LogP contribution in [0.2, 0.25) is 0 Å². The smallest absolute Gasteiger partial charge is 0.142 e. The highest BCUT2D eigenvalue weighted by Crippen LogP contribution is 2.28. The molecule has 0 aliphatic carbocycles. The van der Waals surface area contributed by atoms with Gasteiger partial charge in [-0.15, -0.1) is 0 Å². The second kappa shape index (κ2) is 9.29. The van der Waals surface area contributed by atoms with E-state index in [9.17, 15) is 0 Å². The fourth-order valence-electron chi connectivity index (χ4n) is 3.58. The third-order valence-electron chi connectivity index (χ3n) is 5.18. The van der Waals surface area contributed by atoms with Crippen LogP contribution in [-0.2, 0) is 0 Å². The summed E-state index contributed by atoms with van der Waals surface area (Å²) in [5.41, 5.74) is 3.01.